The van der Waals surface area contributed by atoms with Crippen molar-refractivity contribution in [3.8, 4) is 0 Å². The van der Waals surface area contributed by atoms with Crippen LogP contribution in [0.2, 0.25) is 0 Å². The summed E-state index contributed by atoms with van der Waals surface area (Å²) in [6, 6.07) is -0.529. The highest BCUT2D eigenvalue weighted by atomic mass is 16.2. The van der Waals surface area contributed by atoms with E-state index in [9.17, 15) is 14.4 Å². The van der Waals surface area contributed by atoms with Gasteiger partial charge in [0, 0.05) is 13.6 Å². The molecule has 0 aliphatic carbocycles. The van der Waals surface area contributed by atoms with Crippen LogP contribution in [0, 0.1) is 5.92 Å². The van der Waals surface area contributed by atoms with Crippen molar-refractivity contribution in [3.05, 3.63) is 0 Å². The molecule has 1 rings (SSSR count). The number of carbonyl (C=O) groups is 3. The maximum Gasteiger partial charge on any atom is 0.333 e. The van der Waals surface area contributed by atoms with Crippen molar-refractivity contribution in [1.82, 2.24) is 15.1 Å². The molecule has 0 aromatic carbocycles. The highest BCUT2D eigenvalue weighted by Crippen LogP contribution is 2.11. The molecule has 0 bridgehead atoms. The predicted octanol–water partition coefficient (Wildman–Crippen LogP) is -0.347. The van der Waals surface area contributed by atoms with Crippen molar-refractivity contribution in [2.45, 2.75) is 13.8 Å². The fourth-order valence-corrected chi connectivity index (χ4v) is 1.54. The zero-order valence-electron chi connectivity index (χ0n) is 9.82. The van der Waals surface area contributed by atoms with E-state index in [1.807, 2.05) is 13.8 Å². The minimum Gasteiger partial charge on any atom is -0.317 e. The molecular weight excluding hydrogens is 210 g/mol. The van der Waals surface area contributed by atoms with Crippen LogP contribution >= 0.6 is 0 Å². The molecule has 4 amide bonds. The van der Waals surface area contributed by atoms with Gasteiger partial charge in [-0.1, -0.05) is 13.8 Å². The van der Waals surface area contributed by atoms with Crippen LogP contribution in [0.25, 0.3) is 0 Å². The van der Waals surface area contributed by atoms with Gasteiger partial charge in [-0.05, 0) is 19.0 Å². The molecule has 6 nitrogen and oxygen atoms in total. The average molecular weight is 227 g/mol. The first-order valence-electron chi connectivity index (χ1n) is 5.33. The summed E-state index contributed by atoms with van der Waals surface area (Å²) >= 11 is 0. The number of urea groups is 1. The SMILES string of the molecule is CCNCC(C)CN1C(=O)C(=O)N(C)C1=O. The Morgan fingerprint density at radius 1 is 1.25 bits per heavy atom. The highest BCUT2D eigenvalue weighted by Gasteiger charge is 2.42. The summed E-state index contributed by atoms with van der Waals surface area (Å²) in [6.07, 6.45) is 0. The van der Waals surface area contributed by atoms with E-state index in [0.29, 0.717) is 6.54 Å². The molecule has 90 valence electrons. The maximum absolute atomic E-state index is 11.5. The Morgan fingerprint density at radius 3 is 2.31 bits per heavy atom. The van der Waals surface area contributed by atoms with E-state index >= 15 is 0 Å². The van der Waals surface area contributed by atoms with Gasteiger partial charge in [0.05, 0.1) is 0 Å². The second-order valence-electron chi connectivity index (χ2n) is 3.98. The van der Waals surface area contributed by atoms with Gasteiger partial charge in [0.1, 0.15) is 0 Å². The lowest BCUT2D eigenvalue weighted by molar-refractivity contribution is -0.143. The monoisotopic (exact) mass is 227 g/mol. The van der Waals surface area contributed by atoms with Crippen molar-refractivity contribution in [2.24, 2.45) is 5.92 Å². The van der Waals surface area contributed by atoms with Crippen molar-refractivity contribution in [3.63, 3.8) is 0 Å². The number of rotatable bonds is 5. The van der Waals surface area contributed by atoms with Gasteiger partial charge in [0.15, 0.2) is 0 Å². The molecule has 16 heavy (non-hydrogen) atoms. The Kier molecular flexibility index (Phi) is 4.00. The summed E-state index contributed by atoms with van der Waals surface area (Å²) in [5.74, 6) is -1.34. The minimum absolute atomic E-state index is 0.132. The number of amides is 4. The van der Waals surface area contributed by atoms with Gasteiger partial charge in [-0.3, -0.25) is 19.4 Å². The van der Waals surface area contributed by atoms with E-state index in [1.165, 1.54) is 7.05 Å². The number of hydrogen-bond acceptors (Lipinski definition) is 4. The third-order valence-electron chi connectivity index (χ3n) is 2.49. The first-order chi connectivity index (χ1) is 7.49. The number of carbonyl (C=O) groups excluding carboxylic acids is 3. The lowest BCUT2D eigenvalue weighted by atomic mass is 10.1. The summed E-state index contributed by atoms with van der Waals surface area (Å²) in [7, 11) is 1.32. The zero-order chi connectivity index (χ0) is 12.3. The second kappa shape index (κ2) is 5.07. The van der Waals surface area contributed by atoms with Crippen LogP contribution in [0.5, 0.6) is 0 Å². The standard InChI is InChI=1S/C10H17N3O3/c1-4-11-5-7(2)6-13-9(15)8(14)12(3)10(13)16/h7,11H,4-6H2,1-3H3. The maximum atomic E-state index is 11.5. The molecular formula is C10H17N3O3. The summed E-state index contributed by atoms with van der Waals surface area (Å²) in [4.78, 5) is 36.0. The molecule has 0 aromatic heterocycles. The molecule has 1 aliphatic rings. The van der Waals surface area contributed by atoms with E-state index < -0.39 is 17.8 Å². The zero-order valence-corrected chi connectivity index (χ0v) is 9.82. The lowest BCUT2D eigenvalue weighted by Gasteiger charge is -2.18. The summed E-state index contributed by atoms with van der Waals surface area (Å²) in [5.41, 5.74) is 0. The van der Waals surface area contributed by atoms with E-state index in [4.69, 9.17) is 0 Å². The molecule has 1 aliphatic heterocycles. The van der Waals surface area contributed by atoms with Gasteiger partial charge in [-0.15, -0.1) is 0 Å². The molecule has 1 atom stereocenters. The Labute approximate surface area is 94.6 Å². The summed E-state index contributed by atoms with van der Waals surface area (Å²) in [6.45, 7) is 5.74. The number of nitrogens with zero attached hydrogens (tertiary/aromatic N) is 2. The smallest absolute Gasteiger partial charge is 0.317 e. The first kappa shape index (κ1) is 12.6. The van der Waals surface area contributed by atoms with Gasteiger partial charge in [0.2, 0.25) is 0 Å². The molecule has 6 heteroatoms. The van der Waals surface area contributed by atoms with Crippen LogP contribution in [0.15, 0.2) is 0 Å². The lowest BCUT2D eigenvalue weighted by Crippen LogP contribution is -2.38. The third kappa shape index (κ3) is 2.38. The molecule has 1 fully saturated rings. The first-order valence-corrected chi connectivity index (χ1v) is 5.33. The van der Waals surface area contributed by atoms with Crippen LogP contribution in [0.3, 0.4) is 0 Å². The van der Waals surface area contributed by atoms with Gasteiger partial charge >= 0.3 is 17.8 Å². The largest absolute Gasteiger partial charge is 0.333 e. The Bertz CT molecular complexity index is 316. The molecule has 1 N–H and O–H groups in total. The third-order valence-corrected chi connectivity index (χ3v) is 2.49. The topological polar surface area (TPSA) is 69.7 Å². The predicted molar refractivity (Wildman–Crippen MR) is 57.6 cm³/mol. The Hall–Kier alpha value is -1.43. The fraction of sp³-hybridized carbons (Fsp3) is 0.700. The molecule has 1 heterocycles. The van der Waals surface area contributed by atoms with Crippen LogP contribution in [-0.2, 0) is 9.59 Å². The van der Waals surface area contributed by atoms with E-state index in [2.05, 4.69) is 5.32 Å². The minimum atomic E-state index is -0.749. The highest BCUT2D eigenvalue weighted by molar-refractivity contribution is 6.44. The van der Waals surface area contributed by atoms with Gasteiger partial charge in [0.25, 0.3) is 0 Å². The molecule has 0 radical (unpaired) electrons. The number of nitrogens with one attached hydrogen (secondary N) is 1. The molecule has 0 saturated carbocycles. The Balaban J connectivity index is 2.57. The van der Waals surface area contributed by atoms with Crippen molar-refractivity contribution < 1.29 is 14.4 Å². The molecule has 0 spiro atoms. The van der Waals surface area contributed by atoms with Crippen molar-refractivity contribution in [2.75, 3.05) is 26.7 Å². The van der Waals surface area contributed by atoms with Crippen LogP contribution in [0.4, 0.5) is 4.79 Å². The van der Waals surface area contributed by atoms with E-state index in [0.717, 1.165) is 16.3 Å². The van der Waals surface area contributed by atoms with Gasteiger partial charge in [-0.25, -0.2) is 4.79 Å². The van der Waals surface area contributed by atoms with E-state index in [1.54, 1.807) is 0 Å². The normalized spacial score (nSPS) is 18.6. The molecule has 0 aromatic rings. The summed E-state index contributed by atoms with van der Waals surface area (Å²) < 4.78 is 0. The van der Waals surface area contributed by atoms with Crippen molar-refractivity contribution in [1.29, 1.82) is 0 Å². The Morgan fingerprint density at radius 2 is 1.88 bits per heavy atom. The van der Waals surface area contributed by atoms with Crippen LogP contribution in [-0.4, -0.2) is 54.3 Å². The number of hydrogen-bond donors (Lipinski definition) is 1. The van der Waals surface area contributed by atoms with Crippen LogP contribution < -0.4 is 5.32 Å². The van der Waals surface area contributed by atoms with Crippen molar-refractivity contribution >= 4 is 17.8 Å². The molecule has 1 saturated heterocycles. The van der Waals surface area contributed by atoms with Gasteiger partial charge in [-0.2, -0.15) is 0 Å². The van der Waals surface area contributed by atoms with E-state index in [-0.39, 0.29) is 12.5 Å². The quantitative estimate of drug-likeness (QED) is 0.515. The second-order valence-corrected chi connectivity index (χ2v) is 3.98. The fourth-order valence-electron chi connectivity index (χ4n) is 1.54. The van der Waals surface area contributed by atoms with Gasteiger partial charge < -0.3 is 5.32 Å². The molecule has 1 unspecified atom stereocenters. The number of likely N-dealkylation sites (N-methyl/N-ethyl adjacent to an activating group) is 1. The summed E-state index contributed by atoms with van der Waals surface area (Å²) in [5, 5.41) is 3.13. The average Bonchev–Trinajstić information content (AvgIpc) is 2.44. The number of imide groups is 2. The van der Waals surface area contributed by atoms with Crippen LogP contribution in [0.1, 0.15) is 13.8 Å².